The molecule has 4 heterocycles. The zero-order valence-corrected chi connectivity index (χ0v) is 16.5. The summed E-state index contributed by atoms with van der Waals surface area (Å²) in [6, 6.07) is 4.09. The molecule has 2 amide bonds. The molecule has 4 rings (SSSR count). The van der Waals surface area contributed by atoms with Gasteiger partial charge in [0.25, 0.3) is 0 Å². The third-order valence-electron chi connectivity index (χ3n) is 5.99. The molecule has 1 atom stereocenters. The smallest absolute Gasteiger partial charge is 0.227 e. The van der Waals surface area contributed by atoms with E-state index in [4.69, 9.17) is 0 Å². The number of hydrogen-bond donors (Lipinski definition) is 1. The fraction of sp³-hybridized carbons (Fsp3) is 0.684. The molecule has 152 valence electrons. The minimum atomic E-state index is -0.0769. The largest absolute Gasteiger partial charge is 0.355 e. The van der Waals surface area contributed by atoms with Gasteiger partial charge in [0, 0.05) is 65.3 Å². The molecule has 0 saturated carbocycles. The van der Waals surface area contributed by atoms with Crippen LogP contribution in [0, 0.1) is 5.92 Å². The maximum Gasteiger partial charge on any atom is 0.227 e. The Balaban J connectivity index is 1.29. The summed E-state index contributed by atoms with van der Waals surface area (Å²) in [6.07, 6.45) is 1.11. The lowest BCUT2D eigenvalue weighted by atomic mass is 9.97. The lowest BCUT2D eigenvalue weighted by Crippen LogP contribution is -2.52. The van der Waals surface area contributed by atoms with Gasteiger partial charge in [0.1, 0.15) is 0 Å². The molecule has 3 fully saturated rings. The number of anilines is 2. The van der Waals surface area contributed by atoms with Crippen LogP contribution in [0.4, 0.5) is 11.6 Å². The summed E-state index contributed by atoms with van der Waals surface area (Å²) in [7, 11) is 2.14. The van der Waals surface area contributed by atoms with Crippen molar-refractivity contribution in [3.63, 3.8) is 0 Å². The average Bonchev–Trinajstić information content (AvgIpc) is 2.75. The van der Waals surface area contributed by atoms with Crippen molar-refractivity contribution in [1.29, 1.82) is 0 Å². The van der Waals surface area contributed by atoms with Gasteiger partial charge in [-0.2, -0.15) is 0 Å². The highest BCUT2D eigenvalue weighted by Crippen LogP contribution is 2.20. The topological polar surface area (TPSA) is 84.9 Å². The van der Waals surface area contributed by atoms with Crippen LogP contribution in [0.1, 0.15) is 12.8 Å². The highest BCUT2D eigenvalue weighted by molar-refractivity contribution is 5.84. The first-order chi connectivity index (χ1) is 13.6. The summed E-state index contributed by atoms with van der Waals surface area (Å²) in [5.74, 6) is 1.94. The lowest BCUT2D eigenvalue weighted by molar-refractivity contribution is -0.137. The molecule has 0 radical (unpaired) electrons. The number of amides is 2. The van der Waals surface area contributed by atoms with Gasteiger partial charge < -0.3 is 24.9 Å². The van der Waals surface area contributed by atoms with Crippen molar-refractivity contribution in [2.75, 3.05) is 75.8 Å². The Bertz CT molecular complexity index is 685. The Morgan fingerprint density at radius 1 is 0.964 bits per heavy atom. The van der Waals surface area contributed by atoms with Gasteiger partial charge in [-0.05, 0) is 25.6 Å². The number of piperazine rings is 2. The van der Waals surface area contributed by atoms with Gasteiger partial charge in [0.05, 0.1) is 5.92 Å². The van der Waals surface area contributed by atoms with Crippen LogP contribution in [0.15, 0.2) is 12.1 Å². The standard InChI is InChI=1S/C19H29N7O2/c1-23-6-8-24(9-7-23)16-3-4-17(22-21-16)25-10-12-26(13-11-25)19(28)15-2-5-18(27)20-14-15/h3-4,15H,2,5-14H2,1H3,(H,20,27). The number of nitrogens with one attached hydrogen (secondary N) is 1. The predicted molar refractivity (Wildman–Crippen MR) is 106 cm³/mol. The normalized spacial score (nSPS) is 24.2. The summed E-state index contributed by atoms with van der Waals surface area (Å²) in [5, 5.41) is 11.7. The van der Waals surface area contributed by atoms with Gasteiger partial charge in [-0.25, -0.2) is 0 Å². The molecule has 0 bridgehead atoms. The highest BCUT2D eigenvalue weighted by Gasteiger charge is 2.30. The van der Waals surface area contributed by atoms with E-state index in [1.54, 1.807) is 0 Å². The number of hydrogen-bond acceptors (Lipinski definition) is 7. The molecule has 1 aromatic heterocycles. The molecule has 1 unspecified atom stereocenters. The number of piperidine rings is 1. The van der Waals surface area contributed by atoms with Crippen LogP contribution in [-0.2, 0) is 9.59 Å². The van der Waals surface area contributed by atoms with Gasteiger partial charge in [-0.15, -0.1) is 10.2 Å². The number of carbonyl (C=O) groups excluding carboxylic acids is 2. The first-order valence-electron chi connectivity index (χ1n) is 10.2. The lowest BCUT2D eigenvalue weighted by Gasteiger charge is -2.37. The molecular formula is C19H29N7O2. The second-order valence-corrected chi connectivity index (χ2v) is 7.89. The van der Waals surface area contributed by atoms with E-state index in [2.05, 4.69) is 43.3 Å². The van der Waals surface area contributed by atoms with Crippen molar-refractivity contribution in [2.24, 2.45) is 5.92 Å². The monoisotopic (exact) mass is 387 g/mol. The van der Waals surface area contributed by atoms with Crippen molar-refractivity contribution in [1.82, 2.24) is 25.3 Å². The average molecular weight is 387 g/mol. The third-order valence-corrected chi connectivity index (χ3v) is 5.99. The van der Waals surface area contributed by atoms with Gasteiger partial charge >= 0.3 is 0 Å². The van der Waals surface area contributed by atoms with Gasteiger partial charge in [-0.1, -0.05) is 0 Å². The maximum absolute atomic E-state index is 12.7. The number of aromatic nitrogens is 2. The van der Waals surface area contributed by atoms with E-state index >= 15 is 0 Å². The van der Waals surface area contributed by atoms with Crippen LogP contribution in [0.5, 0.6) is 0 Å². The van der Waals surface area contributed by atoms with Crippen LogP contribution in [0.25, 0.3) is 0 Å². The van der Waals surface area contributed by atoms with Crippen molar-refractivity contribution in [2.45, 2.75) is 12.8 Å². The Morgan fingerprint density at radius 2 is 1.54 bits per heavy atom. The Hall–Kier alpha value is -2.42. The van der Waals surface area contributed by atoms with Gasteiger partial charge in [0.15, 0.2) is 11.6 Å². The third kappa shape index (κ3) is 4.19. The van der Waals surface area contributed by atoms with Crippen LogP contribution < -0.4 is 15.1 Å². The van der Waals surface area contributed by atoms with Gasteiger partial charge in [-0.3, -0.25) is 9.59 Å². The van der Waals surface area contributed by atoms with Crippen molar-refractivity contribution < 1.29 is 9.59 Å². The van der Waals surface area contributed by atoms with Crippen molar-refractivity contribution in [3.8, 4) is 0 Å². The van der Waals surface area contributed by atoms with Crippen LogP contribution in [-0.4, -0.2) is 97.8 Å². The van der Waals surface area contributed by atoms with E-state index in [1.165, 1.54) is 0 Å². The predicted octanol–water partition coefficient (Wildman–Crippen LogP) is -0.597. The summed E-state index contributed by atoms with van der Waals surface area (Å²) in [6.45, 7) is 7.40. The van der Waals surface area contributed by atoms with E-state index in [0.717, 1.165) is 50.9 Å². The highest BCUT2D eigenvalue weighted by atomic mass is 16.2. The SMILES string of the molecule is CN1CCN(c2ccc(N3CCN(C(=O)C4CCC(=O)NC4)CC3)nn2)CC1. The molecule has 1 aromatic rings. The first-order valence-corrected chi connectivity index (χ1v) is 10.2. The molecule has 1 N–H and O–H groups in total. The molecular weight excluding hydrogens is 358 g/mol. The summed E-state index contributed by atoms with van der Waals surface area (Å²) >= 11 is 0. The second-order valence-electron chi connectivity index (χ2n) is 7.89. The molecule has 28 heavy (non-hydrogen) atoms. The molecule has 9 nitrogen and oxygen atoms in total. The first kappa shape index (κ1) is 18.9. The van der Waals surface area contributed by atoms with Crippen LogP contribution in [0.3, 0.4) is 0 Å². The fourth-order valence-electron chi connectivity index (χ4n) is 4.05. The van der Waals surface area contributed by atoms with E-state index in [-0.39, 0.29) is 17.7 Å². The number of nitrogens with zero attached hydrogens (tertiary/aromatic N) is 6. The van der Waals surface area contributed by atoms with E-state index in [9.17, 15) is 9.59 Å². The number of carbonyl (C=O) groups is 2. The van der Waals surface area contributed by atoms with Crippen molar-refractivity contribution in [3.05, 3.63) is 12.1 Å². The van der Waals surface area contributed by atoms with E-state index in [0.29, 0.717) is 32.5 Å². The second kappa shape index (κ2) is 8.30. The molecule has 3 saturated heterocycles. The Morgan fingerprint density at radius 3 is 2.04 bits per heavy atom. The van der Waals surface area contributed by atoms with Gasteiger partial charge in [0.2, 0.25) is 11.8 Å². The quantitative estimate of drug-likeness (QED) is 0.742. The van der Waals surface area contributed by atoms with Crippen LogP contribution in [0.2, 0.25) is 0 Å². The van der Waals surface area contributed by atoms with Crippen LogP contribution >= 0.6 is 0 Å². The maximum atomic E-state index is 12.7. The zero-order valence-electron chi connectivity index (χ0n) is 16.5. The fourth-order valence-corrected chi connectivity index (χ4v) is 4.05. The molecule has 3 aliphatic heterocycles. The Kier molecular flexibility index (Phi) is 5.61. The molecule has 3 aliphatic rings. The zero-order chi connectivity index (χ0) is 19.5. The number of rotatable bonds is 3. The molecule has 0 aromatic carbocycles. The molecule has 0 aliphatic carbocycles. The van der Waals surface area contributed by atoms with E-state index in [1.807, 2.05) is 11.0 Å². The molecule has 9 heteroatoms. The van der Waals surface area contributed by atoms with E-state index < -0.39 is 0 Å². The minimum Gasteiger partial charge on any atom is -0.355 e. The summed E-state index contributed by atoms with van der Waals surface area (Å²) in [4.78, 5) is 32.7. The number of likely N-dealkylation sites (N-methyl/N-ethyl adjacent to an activating group) is 1. The van der Waals surface area contributed by atoms with Crippen molar-refractivity contribution >= 4 is 23.5 Å². The minimum absolute atomic E-state index is 0.0486. The molecule has 0 spiro atoms. The summed E-state index contributed by atoms with van der Waals surface area (Å²) in [5.41, 5.74) is 0. The Labute approximate surface area is 165 Å². The summed E-state index contributed by atoms with van der Waals surface area (Å²) < 4.78 is 0.